The summed E-state index contributed by atoms with van der Waals surface area (Å²) < 4.78 is 1.99. The van der Waals surface area contributed by atoms with Gasteiger partial charge in [0.2, 0.25) is 0 Å². The van der Waals surface area contributed by atoms with E-state index in [1.807, 2.05) is 4.68 Å². The van der Waals surface area contributed by atoms with Crippen molar-refractivity contribution >= 4 is 11.6 Å². The monoisotopic (exact) mass is 293 g/mol. The van der Waals surface area contributed by atoms with E-state index in [1.54, 1.807) is 0 Å². The van der Waals surface area contributed by atoms with Crippen molar-refractivity contribution in [3.63, 3.8) is 0 Å². The SMILES string of the molecule is CCc1nn(CC)c(CC2(C#N)CCCC(C)C2)c1Cl. The van der Waals surface area contributed by atoms with Gasteiger partial charge in [0.1, 0.15) is 0 Å². The molecule has 1 aliphatic rings. The maximum absolute atomic E-state index is 9.72. The van der Waals surface area contributed by atoms with E-state index in [0.717, 1.165) is 55.1 Å². The van der Waals surface area contributed by atoms with Gasteiger partial charge in [-0.3, -0.25) is 4.68 Å². The van der Waals surface area contributed by atoms with E-state index in [-0.39, 0.29) is 5.41 Å². The Morgan fingerprint density at radius 3 is 2.80 bits per heavy atom. The number of nitrogens with zero attached hydrogens (tertiary/aromatic N) is 3. The van der Waals surface area contributed by atoms with E-state index in [4.69, 9.17) is 11.6 Å². The third-order valence-corrected chi connectivity index (χ3v) is 4.96. The second-order valence-electron chi connectivity index (χ2n) is 6.15. The maximum Gasteiger partial charge on any atom is 0.0850 e. The summed E-state index contributed by atoms with van der Waals surface area (Å²) in [6.07, 6.45) is 5.94. The van der Waals surface area contributed by atoms with Crippen LogP contribution in [0.3, 0.4) is 0 Å². The molecule has 1 saturated carbocycles. The molecule has 0 N–H and O–H groups in total. The average Bonchev–Trinajstić information content (AvgIpc) is 2.75. The predicted molar refractivity (Wildman–Crippen MR) is 81.7 cm³/mol. The normalized spacial score (nSPS) is 26.4. The van der Waals surface area contributed by atoms with Crippen LogP contribution in [0.2, 0.25) is 5.02 Å². The van der Waals surface area contributed by atoms with Crippen molar-refractivity contribution in [3.8, 4) is 6.07 Å². The van der Waals surface area contributed by atoms with Crippen LogP contribution in [-0.2, 0) is 19.4 Å². The summed E-state index contributed by atoms with van der Waals surface area (Å²) in [5, 5.41) is 15.1. The van der Waals surface area contributed by atoms with Crippen molar-refractivity contribution in [1.29, 1.82) is 5.26 Å². The van der Waals surface area contributed by atoms with Crippen LogP contribution >= 0.6 is 11.6 Å². The van der Waals surface area contributed by atoms with Crippen molar-refractivity contribution in [2.75, 3.05) is 0 Å². The van der Waals surface area contributed by atoms with Gasteiger partial charge in [-0.1, -0.05) is 38.3 Å². The molecule has 4 heteroatoms. The van der Waals surface area contributed by atoms with Crippen molar-refractivity contribution in [2.45, 2.75) is 65.8 Å². The van der Waals surface area contributed by atoms with Gasteiger partial charge < -0.3 is 0 Å². The molecule has 2 atom stereocenters. The minimum Gasteiger partial charge on any atom is -0.268 e. The summed E-state index contributed by atoms with van der Waals surface area (Å²) in [6, 6.07) is 2.60. The van der Waals surface area contributed by atoms with Crippen LogP contribution in [-0.4, -0.2) is 9.78 Å². The highest BCUT2D eigenvalue weighted by molar-refractivity contribution is 6.31. The highest BCUT2D eigenvalue weighted by Gasteiger charge is 2.37. The van der Waals surface area contributed by atoms with Gasteiger partial charge in [-0.15, -0.1) is 0 Å². The van der Waals surface area contributed by atoms with E-state index >= 15 is 0 Å². The summed E-state index contributed by atoms with van der Waals surface area (Å²) >= 11 is 6.49. The van der Waals surface area contributed by atoms with Gasteiger partial charge >= 0.3 is 0 Å². The molecule has 1 heterocycles. The Morgan fingerprint density at radius 2 is 2.25 bits per heavy atom. The number of hydrogen-bond donors (Lipinski definition) is 0. The van der Waals surface area contributed by atoms with E-state index in [9.17, 15) is 5.26 Å². The highest BCUT2D eigenvalue weighted by atomic mass is 35.5. The maximum atomic E-state index is 9.72. The van der Waals surface area contributed by atoms with Gasteiger partial charge in [-0.05, 0) is 32.1 Å². The first-order chi connectivity index (χ1) is 9.55. The van der Waals surface area contributed by atoms with E-state index in [2.05, 4.69) is 31.9 Å². The molecule has 0 radical (unpaired) electrons. The van der Waals surface area contributed by atoms with Crippen molar-refractivity contribution in [3.05, 3.63) is 16.4 Å². The molecule has 110 valence electrons. The molecule has 3 nitrogen and oxygen atoms in total. The standard InChI is InChI=1S/C16H24ClN3/c1-4-13-15(17)14(20(5-2)19-13)10-16(11-18)8-6-7-12(3)9-16/h12H,4-10H2,1-3H3. The summed E-state index contributed by atoms with van der Waals surface area (Å²) in [7, 11) is 0. The lowest BCUT2D eigenvalue weighted by atomic mass is 9.68. The molecule has 2 unspecified atom stereocenters. The van der Waals surface area contributed by atoms with Gasteiger partial charge in [-0.2, -0.15) is 10.4 Å². The molecule has 2 rings (SSSR count). The summed E-state index contributed by atoms with van der Waals surface area (Å²) in [5.41, 5.74) is 1.77. The molecule has 1 fully saturated rings. The zero-order valence-corrected chi connectivity index (χ0v) is 13.5. The Balaban J connectivity index is 2.32. The number of aromatic nitrogens is 2. The third kappa shape index (κ3) is 2.86. The molecule has 0 aliphatic heterocycles. The molecule has 20 heavy (non-hydrogen) atoms. The van der Waals surface area contributed by atoms with Gasteiger partial charge in [0.15, 0.2) is 0 Å². The average molecular weight is 294 g/mol. The molecule has 1 aromatic rings. The lowest BCUT2D eigenvalue weighted by Crippen LogP contribution is -2.29. The fraction of sp³-hybridized carbons (Fsp3) is 0.750. The van der Waals surface area contributed by atoms with E-state index in [0.29, 0.717) is 5.92 Å². The lowest BCUT2D eigenvalue weighted by molar-refractivity contribution is 0.206. The van der Waals surface area contributed by atoms with E-state index in [1.165, 1.54) is 6.42 Å². The zero-order chi connectivity index (χ0) is 14.8. The largest absolute Gasteiger partial charge is 0.268 e. The van der Waals surface area contributed by atoms with Crippen molar-refractivity contribution < 1.29 is 0 Å². The first-order valence-electron chi connectivity index (χ1n) is 7.70. The first kappa shape index (κ1) is 15.4. The van der Waals surface area contributed by atoms with Gasteiger partial charge in [0.25, 0.3) is 0 Å². The van der Waals surface area contributed by atoms with Crippen molar-refractivity contribution in [2.24, 2.45) is 11.3 Å². The fourth-order valence-electron chi connectivity index (χ4n) is 3.47. The Labute approximate surface area is 126 Å². The van der Waals surface area contributed by atoms with Crippen LogP contribution in [0.25, 0.3) is 0 Å². The second-order valence-corrected chi connectivity index (χ2v) is 6.53. The molecule has 0 bridgehead atoms. The molecule has 0 amide bonds. The topological polar surface area (TPSA) is 41.6 Å². The Bertz CT molecular complexity index is 515. The van der Waals surface area contributed by atoms with Gasteiger partial charge in [0, 0.05) is 13.0 Å². The quantitative estimate of drug-likeness (QED) is 0.826. The van der Waals surface area contributed by atoms with Crippen LogP contribution in [0.5, 0.6) is 0 Å². The highest BCUT2D eigenvalue weighted by Crippen LogP contribution is 2.42. The summed E-state index contributed by atoms with van der Waals surface area (Å²) in [5.74, 6) is 0.630. The predicted octanol–water partition coefficient (Wildman–Crippen LogP) is 4.38. The van der Waals surface area contributed by atoms with Gasteiger partial charge in [-0.25, -0.2) is 0 Å². The van der Waals surface area contributed by atoms with Crippen LogP contribution in [0.15, 0.2) is 0 Å². The molecule has 0 aromatic carbocycles. The molecule has 1 aliphatic carbocycles. The Hall–Kier alpha value is -1.01. The summed E-state index contributed by atoms with van der Waals surface area (Å²) in [6.45, 7) is 7.21. The molecule has 0 spiro atoms. The Morgan fingerprint density at radius 1 is 1.50 bits per heavy atom. The minimum atomic E-state index is -0.251. The minimum absolute atomic E-state index is 0.251. The van der Waals surface area contributed by atoms with Crippen LogP contribution in [0.1, 0.15) is 57.8 Å². The fourth-order valence-corrected chi connectivity index (χ4v) is 3.80. The number of rotatable bonds is 4. The lowest BCUT2D eigenvalue weighted by Gasteiger charge is -2.34. The number of aryl methyl sites for hydroxylation is 2. The zero-order valence-electron chi connectivity index (χ0n) is 12.7. The second kappa shape index (κ2) is 6.18. The van der Waals surface area contributed by atoms with Crippen molar-refractivity contribution in [1.82, 2.24) is 9.78 Å². The number of nitriles is 1. The smallest absolute Gasteiger partial charge is 0.0850 e. The number of hydrogen-bond acceptors (Lipinski definition) is 2. The molecule has 0 saturated heterocycles. The van der Waals surface area contributed by atoms with Crippen LogP contribution in [0.4, 0.5) is 0 Å². The summed E-state index contributed by atoms with van der Waals surface area (Å²) in [4.78, 5) is 0. The molecular weight excluding hydrogens is 270 g/mol. The third-order valence-electron chi connectivity index (χ3n) is 4.53. The van der Waals surface area contributed by atoms with Crippen LogP contribution in [0, 0.1) is 22.7 Å². The number of halogens is 1. The van der Waals surface area contributed by atoms with Gasteiger partial charge in [0.05, 0.1) is 27.9 Å². The molecular formula is C16H24ClN3. The van der Waals surface area contributed by atoms with Crippen LogP contribution < -0.4 is 0 Å². The van der Waals surface area contributed by atoms with E-state index < -0.39 is 0 Å². The Kier molecular flexibility index (Phi) is 4.75. The first-order valence-corrected chi connectivity index (χ1v) is 8.08. The molecule has 1 aromatic heterocycles.